The highest BCUT2D eigenvalue weighted by atomic mass is 16.5. The third kappa shape index (κ3) is 5.20. The first-order chi connectivity index (χ1) is 18.1. The molecule has 1 aromatic carbocycles. The van der Waals surface area contributed by atoms with Crippen molar-refractivity contribution in [3.05, 3.63) is 47.5 Å². The lowest BCUT2D eigenvalue weighted by Gasteiger charge is -2.33. The molecule has 198 valence electrons. The van der Waals surface area contributed by atoms with Crippen molar-refractivity contribution < 1.29 is 43.9 Å². The molecule has 15 nitrogen and oxygen atoms in total. The van der Waals surface area contributed by atoms with Crippen LogP contribution in [0.5, 0.6) is 11.5 Å². The maximum absolute atomic E-state index is 13.3. The number of para-hydroxylation sites is 1. The molecular formula is C22H23BN6O9. The van der Waals surface area contributed by atoms with Crippen LogP contribution in [0.4, 0.5) is 4.79 Å². The predicted molar refractivity (Wildman–Crippen MR) is 127 cm³/mol. The van der Waals surface area contributed by atoms with E-state index in [9.17, 15) is 39.2 Å². The quantitative estimate of drug-likeness (QED) is 0.215. The van der Waals surface area contributed by atoms with Crippen LogP contribution in [0.15, 0.2) is 30.6 Å². The first kappa shape index (κ1) is 26.3. The van der Waals surface area contributed by atoms with E-state index < -0.39 is 48.8 Å². The molecule has 4 rings (SSSR count). The van der Waals surface area contributed by atoms with E-state index in [-0.39, 0.29) is 48.9 Å². The van der Waals surface area contributed by atoms with Gasteiger partial charge in [0, 0.05) is 19.6 Å². The number of nitrogens with zero attached hydrogens (tertiary/aromatic N) is 4. The molecule has 0 saturated carbocycles. The lowest BCUT2D eigenvalue weighted by atomic mass is 9.72. The zero-order chi connectivity index (χ0) is 27.6. The number of benzene rings is 1. The van der Waals surface area contributed by atoms with Crippen molar-refractivity contribution >= 4 is 36.8 Å². The highest BCUT2D eigenvalue weighted by molar-refractivity contribution is 6.47. The summed E-state index contributed by atoms with van der Waals surface area (Å²) < 4.78 is 5.38. The number of hydrogen-bond donors (Lipinski definition) is 5. The van der Waals surface area contributed by atoms with Crippen molar-refractivity contribution in [1.82, 2.24) is 30.4 Å². The number of hydrogen-bond acceptors (Lipinski definition) is 10. The van der Waals surface area contributed by atoms with Gasteiger partial charge < -0.3 is 35.4 Å². The predicted octanol–water partition coefficient (Wildman–Crippen LogP) is -1.54. The number of likely N-dealkylation sites (N-methyl/N-ethyl adjacent to an activating group) is 1. The van der Waals surface area contributed by atoms with Gasteiger partial charge in [-0.3, -0.25) is 19.3 Å². The second-order valence-electron chi connectivity index (χ2n) is 8.45. The van der Waals surface area contributed by atoms with E-state index in [1.54, 1.807) is 13.0 Å². The fourth-order valence-electron chi connectivity index (χ4n) is 4.08. The first-order valence-electron chi connectivity index (χ1n) is 11.5. The Balaban J connectivity index is 1.54. The summed E-state index contributed by atoms with van der Waals surface area (Å²) in [5.41, 5.74) is 0.260. The number of carbonyl (C=O) groups is 5. The van der Waals surface area contributed by atoms with Gasteiger partial charge in [-0.1, -0.05) is 12.1 Å². The number of fused-ring (bicyclic) bond motifs is 1. The molecule has 2 aromatic rings. The Labute approximate surface area is 215 Å². The Kier molecular flexibility index (Phi) is 7.43. The van der Waals surface area contributed by atoms with E-state index in [1.807, 2.05) is 0 Å². The van der Waals surface area contributed by atoms with E-state index in [2.05, 4.69) is 20.6 Å². The van der Waals surface area contributed by atoms with Gasteiger partial charge in [-0.05, 0) is 25.0 Å². The maximum Gasteiger partial charge on any atom is 0.547 e. The van der Waals surface area contributed by atoms with Crippen molar-refractivity contribution in [2.45, 2.75) is 25.3 Å². The van der Waals surface area contributed by atoms with Crippen LogP contribution in [0, 0.1) is 0 Å². The van der Waals surface area contributed by atoms with E-state index in [4.69, 9.17) is 4.65 Å². The fraction of sp³-hybridized carbons (Fsp3) is 0.318. The van der Waals surface area contributed by atoms with Crippen LogP contribution in [0.3, 0.4) is 0 Å². The Morgan fingerprint density at radius 3 is 2.55 bits per heavy atom. The molecule has 16 heteroatoms. The molecule has 2 aliphatic heterocycles. The van der Waals surface area contributed by atoms with Crippen molar-refractivity contribution in [2.24, 2.45) is 0 Å². The Morgan fingerprint density at radius 2 is 1.89 bits per heavy atom. The number of amides is 5. The van der Waals surface area contributed by atoms with Crippen LogP contribution in [0.25, 0.3) is 0 Å². The van der Waals surface area contributed by atoms with Crippen molar-refractivity contribution in [2.75, 3.05) is 19.6 Å². The molecule has 38 heavy (non-hydrogen) atoms. The summed E-state index contributed by atoms with van der Waals surface area (Å²) in [7, 11) is -1.63. The minimum absolute atomic E-state index is 0.00751. The normalized spacial score (nSPS) is 17.8. The molecule has 5 N–H and O–H groups in total. The van der Waals surface area contributed by atoms with Crippen LogP contribution in [-0.2, 0) is 20.8 Å². The fourth-order valence-corrected chi connectivity index (χ4v) is 4.08. The molecule has 2 aliphatic rings. The molecule has 0 radical (unpaired) electrons. The van der Waals surface area contributed by atoms with Crippen LogP contribution in [-0.4, -0.2) is 97.4 Å². The number of carboxylic acids is 1. The molecule has 5 amide bonds. The van der Waals surface area contributed by atoms with E-state index in [1.165, 1.54) is 17.0 Å². The van der Waals surface area contributed by atoms with Gasteiger partial charge in [0.25, 0.3) is 0 Å². The number of rotatable bonds is 6. The largest absolute Gasteiger partial charge is 0.547 e. The lowest BCUT2D eigenvalue weighted by Crippen LogP contribution is -2.60. The molecule has 2 atom stereocenters. The number of carbonyl (C=O) groups excluding carboxylic acids is 4. The minimum Gasteiger partial charge on any atom is -0.534 e. The average molecular weight is 526 g/mol. The van der Waals surface area contributed by atoms with E-state index >= 15 is 0 Å². The van der Waals surface area contributed by atoms with Gasteiger partial charge in [0.15, 0.2) is 17.6 Å². The first-order valence-corrected chi connectivity index (χ1v) is 11.5. The average Bonchev–Trinajstić information content (AvgIpc) is 2.89. The third-order valence-electron chi connectivity index (χ3n) is 6.06. The van der Waals surface area contributed by atoms with Crippen LogP contribution < -0.4 is 15.3 Å². The second kappa shape index (κ2) is 10.7. The van der Waals surface area contributed by atoms with Crippen molar-refractivity contribution in [3.8, 4) is 11.5 Å². The maximum atomic E-state index is 13.3. The summed E-state index contributed by atoms with van der Waals surface area (Å²) >= 11 is 0. The van der Waals surface area contributed by atoms with Crippen molar-refractivity contribution in [1.29, 1.82) is 0 Å². The number of carboxylic acid groups (broad SMARTS) is 1. The van der Waals surface area contributed by atoms with Gasteiger partial charge in [0.2, 0.25) is 5.91 Å². The number of imide groups is 1. The molecule has 0 aliphatic carbocycles. The molecule has 1 saturated heterocycles. The van der Waals surface area contributed by atoms with Gasteiger partial charge >= 0.3 is 30.9 Å². The Morgan fingerprint density at radius 1 is 1.18 bits per heavy atom. The zero-order valence-corrected chi connectivity index (χ0v) is 20.0. The third-order valence-corrected chi connectivity index (χ3v) is 6.06. The number of urea groups is 1. The van der Waals surface area contributed by atoms with Crippen LogP contribution >= 0.6 is 0 Å². The number of aromatic carboxylic acids is 1. The number of nitrogens with one attached hydrogen (secondary N) is 2. The molecule has 3 heterocycles. The summed E-state index contributed by atoms with van der Waals surface area (Å²) in [5.74, 6) is -5.74. The van der Waals surface area contributed by atoms with Gasteiger partial charge in [-0.25, -0.2) is 19.6 Å². The monoisotopic (exact) mass is 526 g/mol. The molecule has 0 bridgehead atoms. The molecular weight excluding hydrogens is 503 g/mol. The summed E-state index contributed by atoms with van der Waals surface area (Å²) in [6.45, 7) is 1.99. The highest BCUT2D eigenvalue weighted by Gasteiger charge is 2.41. The topological polar surface area (TPSA) is 212 Å². The summed E-state index contributed by atoms with van der Waals surface area (Å²) in [5, 5.41) is 34.2. The smallest absolute Gasteiger partial charge is 0.534 e. The highest BCUT2D eigenvalue weighted by Crippen LogP contribution is 2.30. The number of piperazine rings is 1. The number of aromatic nitrogens is 2. The molecule has 1 fully saturated rings. The molecule has 1 unspecified atom stereocenters. The number of aromatic hydroxyl groups is 1. The molecule has 1 aromatic heterocycles. The SMILES string of the molecule is CCN1CCN(C(=O)NC(C(=O)N[C@H]2Cc3cccc(C(=O)O)c3OB2O)c2ncc(O)cn2)C(=O)C1=O. The summed E-state index contributed by atoms with van der Waals surface area (Å²) in [4.78, 5) is 72.0. The Bertz CT molecular complexity index is 1290. The van der Waals surface area contributed by atoms with Gasteiger partial charge in [0.05, 0.1) is 23.9 Å². The van der Waals surface area contributed by atoms with Crippen molar-refractivity contribution in [3.63, 3.8) is 0 Å². The molecule has 0 spiro atoms. The Hall–Kier alpha value is -4.73. The standard InChI is InChI=1S/C22H23BN6O9/c1-2-28-6-7-29(20(33)19(28)32)22(36)27-15(17-24-9-12(30)10-25-17)18(31)26-14-8-11-4-3-5-13(21(34)35)16(11)38-23(14)37/h3-5,9-10,14-15,30,37H,2,6-8H2,1H3,(H,26,31)(H,27,36)(H,34,35)/t14-,15?/m0/s1. The minimum atomic E-state index is -1.63. The van der Waals surface area contributed by atoms with E-state index in [0.29, 0.717) is 10.5 Å². The van der Waals surface area contributed by atoms with Gasteiger partial charge in [-0.15, -0.1) is 0 Å². The second-order valence-corrected chi connectivity index (χ2v) is 8.45. The van der Waals surface area contributed by atoms with Gasteiger partial charge in [-0.2, -0.15) is 0 Å². The lowest BCUT2D eigenvalue weighted by molar-refractivity contribution is -0.153. The van der Waals surface area contributed by atoms with Crippen LogP contribution in [0.2, 0.25) is 0 Å². The zero-order valence-electron chi connectivity index (χ0n) is 20.0. The van der Waals surface area contributed by atoms with E-state index in [0.717, 1.165) is 12.4 Å². The van der Waals surface area contributed by atoms with Crippen LogP contribution in [0.1, 0.15) is 34.7 Å². The summed E-state index contributed by atoms with van der Waals surface area (Å²) in [6, 6.07) is 1.73. The summed E-state index contributed by atoms with van der Waals surface area (Å²) in [6.07, 6.45) is 1.98. The van der Waals surface area contributed by atoms with Gasteiger partial charge in [0.1, 0.15) is 5.75 Å².